The number of benzene rings is 2. The molecule has 1 aliphatic carbocycles. The number of anilines is 2. The van der Waals surface area contributed by atoms with E-state index in [1.807, 2.05) is 0 Å². The third kappa shape index (κ3) is 2.29. The van der Waals surface area contributed by atoms with E-state index in [1.54, 1.807) is 48.5 Å². The highest BCUT2D eigenvalue weighted by Crippen LogP contribution is 2.30. The Morgan fingerprint density at radius 1 is 0.917 bits per heavy atom. The molecule has 0 radical (unpaired) electrons. The number of hydrogen-bond acceptors (Lipinski definition) is 3. The molecule has 1 N–H and O–H groups in total. The molecule has 5 nitrogen and oxygen atoms in total. The average molecular weight is 320 g/mol. The molecule has 1 saturated carbocycles. The largest absolute Gasteiger partial charge is 0.326 e. The molecule has 0 saturated heterocycles. The molecule has 4 rings (SSSR count). The number of nitrogens with zero attached hydrogens (tertiary/aromatic N) is 1. The van der Waals surface area contributed by atoms with E-state index in [0.717, 1.165) is 19.3 Å². The summed E-state index contributed by atoms with van der Waals surface area (Å²) in [5, 5.41) is 2.87. The standard InChI is InChI=1S/C19H16N2O3/c22-17(12-4-3-5-12)20-13-8-10-14(11-9-13)21-18(23)15-6-1-2-7-16(15)19(21)24/h1-2,6-12H,3-5H2,(H,20,22). The molecule has 0 spiro atoms. The van der Waals surface area contributed by atoms with E-state index in [-0.39, 0.29) is 23.6 Å². The van der Waals surface area contributed by atoms with Gasteiger partial charge in [0.15, 0.2) is 0 Å². The summed E-state index contributed by atoms with van der Waals surface area (Å²) in [6.07, 6.45) is 2.99. The van der Waals surface area contributed by atoms with Gasteiger partial charge in [0.2, 0.25) is 5.91 Å². The highest BCUT2D eigenvalue weighted by atomic mass is 16.2. The molecule has 0 atom stereocenters. The van der Waals surface area contributed by atoms with Crippen molar-refractivity contribution in [3.05, 3.63) is 59.7 Å². The molecule has 24 heavy (non-hydrogen) atoms. The van der Waals surface area contributed by atoms with Crippen molar-refractivity contribution in [3.8, 4) is 0 Å². The number of carbonyl (C=O) groups excluding carboxylic acids is 3. The first-order valence-electron chi connectivity index (χ1n) is 8.04. The van der Waals surface area contributed by atoms with Crippen molar-refractivity contribution in [1.82, 2.24) is 0 Å². The lowest BCUT2D eigenvalue weighted by Gasteiger charge is -2.24. The van der Waals surface area contributed by atoms with Crippen molar-refractivity contribution in [1.29, 1.82) is 0 Å². The van der Waals surface area contributed by atoms with Gasteiger partial charge >= 0.3 is 0 Å². The second-order valence-electron chi connectivity index (χ2n) is 6.16. The second-order valence-corrected chi connectivity index (χ2v) is 6.16. The first kappa shape index (κ1) is 14.6. The Hall–Kier alpha value is -2.95. The minimum Gasteiger partial charge on any atom is -0.326 e. The normalized spacial score (nSPS) is 16.8. The van der Waals surface area contributed by atoms with Crippen LogP contribution in [0.4, 0.5) is 11.4 Å². The SMILES string of the molecule is O=C(Nc1ccc(N2C(=O)c3ccccc3C2=O)cc1)C1CCC1. The van der Waals surface area contributed by atoms with Gasteiger partial charge in [0.1, 0.15) is 0 Å². The summed E-state index contributed by atoms with van der Waals surface area (Å²) >= 11 is 0. The minimum atomic E-state index is -0.318. The zero-order chi connectivity index (χ0) is 16.7. The van der Waals surface area contributed by atoms with Crippen molar-refractivity contribution in [2.45, 2.75) is 19.3 Å². The van der Waals surface area contributed by atoms with Gasteiger partial charge in [-0.2, -0.15) is 0 Å². The fourth-order valence-corrected chi connectivity index (χ4v) is 3.03. The molecule has 2 aromatic carbocycles. The first-order valence-corrected chi connectivity index (χ1v) is 8.04. The first-order chi connectivity index (χ1) is 11.6. The summed E-state index contributed by atoms with van der Waals surface area (Å²) in [6, 6.07) is 13.6. The summed E-state index contributed by atoms with van der Waals surface area (Å²) in [5.74, 6) is -0.487. The number of imide groups is 1. The van der Waals surface area contributed by atoms with Crippen LogP contribution in [0.1, 0.15) is 40.0 Å². The maximum atomic E-state index is 12.4. The molecule has 2 aromatic rings. The number of rotatable bonds is 3. The summed E-state index contributed by atoms with van der Waals surface area (Å²) < 4.78 is 0. The van der Waals surface area contributed by atoms with Crippen molar-refractivity contribution < 1.29 is 14.4 Å². The van der Waals surface area contributed by atoms with Gasteiger partial charge in [-0.25, -0.2) is 4.90 Å². The number of hydrogen-bond donors (Lipinski definition) is 1. The second kappa shape index (κ2) is 5.60. The molecule has 1 aliphatic heterocycles. The van der Waals surface area contributed by atoms with E-state index < -0.39 is 0 Å². The van der Waals surface area contributed by atoms with Gasteiger partial charge in [-0.3, -0.25) is 14.4 Å². The Kier molecular flexibility index (Phi) is 3.41. The van der Waals surface area contributed by atoms with Crippen molar-refractivity contribution >= 4 is 29.1 Å². The Labute approximate surface area is 139 Å². The quantitative estimate of drug-likeness (QED) is 0.883. The highest BCUT2D eigenvalue weighted by Gasteiger charge is 2.36. The zero-order valence-corrected chi connectivity index (χ0v) is 13.0. The van der Waals surface area contributed by atoms with Gasteiger partial charge in [0.25, 0.3) is 11.8 Å². The fraction of sp³-hybridized carbons (Fsp3) is 0.211. The third-order valence-corrected chi connectivity index (χ3v) is 4.66. The molecule has 1 fully saturated rings. The maximum Gasteiger partial charge on any atom is 0.266 e. The van der Waals surface area contributed by atoms with E-state index in [0.29, 0.717) is 22.5 Å². The molecule has 0 aromatic heterocycles. The summed E-state index contributed by atoms with van der Waals surface area (Å²) in [4.78, 5) is 38.0. The van der Waals surface area contributed by atoms with E-state index in [1.165, 1.54) is 4.90 Å². The lowest BCUT2D eigenvalue weighted by Crippen LogP contribution is -2.29. The Morgan fingerprint density at radius 2 is 1.50 bits per heavy atom. The van der Waals surface area contributed by atoms with Crippen LogP contribution in [0, 0.1) is 5.92 Å². The van der Waals surface area contributed by atoms with Gasteiger partial charge in [-0.05, 0) is 49.2 Å². The molecule has 120 valence electrons. The van der Waals surface area contributed by atoms with E-state index in [9.17, 15) is 14.4 Å². The Morgan fingerprint density at radius 3 is 2.00 bits per heavy atom. The van der Waals surface area contributed by atoms with Crippen LogP contribution >= 0.6 is 0 Å². The van der Waals surface area contributed by atoms with E-state index >= 15 is 0 Å². The zero-order valence-electron chi connectivity index (χ0n) is 13.0. The molecule has 3 amide bonds. The molecular weight excluding hydrogens is 304 g/mol. The van der Waals surface area contributed by atoms with Gasteiger partial charge in [-0.15, -0.1) is 0 Å². The molecule has 1 heterocycles. The smallest absolute Gasteiger partial charge is 0.266 e. The predicted octanol–water partition coefficient (Wildman–Crippen LogP) is 3.23. The van der Waals surface area contributed by atoms with Gasteiger partial charge in [0.05, 0.1) is 16.8 Å². The molecule has 5 heteroatoms. The molecular formula is C19H16N2O3. The number of amides is 3. The Balaban J connectivity index is 1.54. The minimum absolute atomic E-state index is 0.0368. The van der Waals surface area contributed by atoms with Crippen LogP contribution in [0.2, 0.25) is 0 Å². The maximum absolute atomic E-state index is 12.4. The molecule has 0 bridgehead atoms. The van der Waals surface area contributed by atoms with Crippen LogP contribution in [-0.2, 0) is 4.79 Å². The van der Waals surface area contributed by atoms with Crippen LogP contribution in [0.5, 0.6) is 0 Å². The van der Waals surface area contributed by atoms with Crippen LogP contribution in [0.3, 0.4) is 0 Å². The van der Waals surface area contributed by atoms with Crippen LogP contribution < -0.4 is 10.2 Å². The van der Waals surface area contributed by atoms with Gasteiger partial charge in [0, 0.05) is 11.6 Å². The molecule has 2 aliphatic rings. The number of nitrogens with one attached hydrogen (secondary N) is 1. The number of carbonyl (C=O) groups is 3. The Bertz CT molecular complexity index is 803. The molecule has 0 unspecified atom stereocenters. The van der Waals surface area contributed by atoms with Crippen molar-refractivity contribution in [3.63, 3.8) is 0 Å². The van der Waals surface area contributed by atoms with E-state index in [2.05, 4.69) is 5.32 Å². The summed E-state index contributed by atoms with van der Waals surface area (Å²) in [6.45, 7) is 0. The van der Waals surface area contributed by atoms with Gasteiger partial charge in [-0.1, -0.05) is 18.6 Å². The fourth-order valence-electron chi connectivity index (χ4n) is 3.03. The monoisotopic (exact) mass is 320 g/mol. The van der Waals surface area contributed by atoms with Crippen LogP contribution in [-0.4, -0.2) is 17.7 Å². The predicted molar refractivity (Wildman–Crippen MR) is 90.0 cm³/mol. The highest BCUT2D eigenvalue weighted by molar-refractivity contribution is 6.34. The lowest BCUT2D eigenvalue weighted by molar-refractivity contribution is -0.122. The third-order valence-electron chi connectivity index (χ3n) is 4.66. The van der Waals surface area contributed by atoms with E-state index in [4.69, 9.17) is 0 Å². The number of fused-ring (bicyclic) bond motifs is 1. The van der Waals surface area contributed by atoms with Crippen molar-refractivity contribution in [2.24, 2.45) is 5.92 Å². The summed E-state index contributed by atoms with van der Waals surface area (Å²) in [7, 11) is 0. The lowest BCUT2D eigenvalue weighted by atomic mass is 9.85. The van der Waals surface area contributed by atoms with Crippen LogP contribution in [0.15, 0.2) is 48.5 Å². The van der Waals surface area contributed by atoms with Gasteiger partial charge < -0.3 is 5.32 Å². The van der Waals surface area contributed by atoms with Crippen molar-refractivity contribution in [2.75, 3.05) is 10.2 Å². The van der Waals surface area contributed by atoms with Crippen LogP contribution in [0.25, 0.3) is 0 Å². The summed E-state index contributed by atoms with van der Waals surface area (Å²) in [5.41, 5.74) is 2.02. The topological polar surface area (TPSA) is 66.5 Å². The average Bonchev–Trinajstić information content (AvgIpc) is 2.79.